The molecule has 2 atom stereocenters. The normalized spacial score (nSPS) is 23.7. The molecule has 2 aromatic rings. The van der Waals surface area contributed by atoms with Gasteiger partial charge in [-0.3, -0.25) is 4.79 Å². The average Bonchev–Trinajstić information content (AvgIpc) is 3.24. The van der Waals surface area contributed by atoms with Crippen LogP contribution in [-0.2, 0) is 0 Å². The molecule has 2 unspecified atom stereocenters. The van der Waals surface area contributed by atoms with Gasteiger partial charge in [0, 0.05) is 31.4 Å². The van der Waals surface area contributed by atoms with Crippen molar-refractivity contribution in [2.24, 2.45) is 5.92 Å². The molecule has 0 spiro atoms. The highest BCUT2D eigenvalue weighted by Gasteiger charge is 2.39. The zero-order chi connectivity index (χ0) is 18.9. The second kappa shape index (κ2) is 6.70. The maximum atomic E-state index is 15.5. The van der Waals surface area contributed by atoms with E-state index >= 15 is 4.39 Å². The molecule has 3 fully saturated rings. The number of anilines is 1. The molecule has 0 radical (unpaired) electrons. The molecule has 1 aromatic carbocycles. The molecule has 5 rings (SSSR count). The molecular weight excluding hydrogens is 392 g/mol. The zero-order valence-corrected chi connectivity index (χ0v) is 15.8. The number of hydrogen-bond acceptors (Lipinski definition) is 4. The number of hydrogen-bond donors (Lipinski definition) is 2. The minimum Gasteiger partial charge on any atom is -0.477 e. The Labute approximate surface area is 165 Å². The SMILES string of the molecule is Cl.O=C(O)c1cn(C2CC2)c2c(F)c(N3CC4CCNC4C3)c(F)cc2c1=O. The summed E-state index contributed by atoms with van der Waals surface area (Å²) in [6, 6.07) is 1.17. The van der Waals surface area contributed by atoms with Gasteiger partial charge >= 0.3 is 5.97 Å². The van der Waals surface area contributed by atoms with Crippen molar-refractivity contribution in [1.29, 1.82) is 0 Å². The Balaban J connectivity index is 0.00000192. The topological polar surface area (TPSA) is 74.6 Å². The second-order valence-corrected chi connectivity index (χ2v) is 7.75. The molecule has 150 valence electrons. The van der Waals surface area contributed by atoms with E-state index < -0.39 is 28.6 Å². The fourth-order valence-electron chi connectivity index (χ4n) is 4.55. The average molecular weight is 412 g/mol. The summed E-state index contributed by atoms with van der Waals surface area (Å²) in [7, 11) is 0. The lowest BCUT2D eigenvalue weighted by Crippen LogP contribution is -2.31. The van der Waals surface area contributed by atoms with Gasteiger partial charge in [0.1, 0.15) is 17.1 Å². The third-order valence-corrected chi connectivity index (χ3v) is 6.03. The number of carboxylic acids is 1. The standard InChI is InChI=1S/C19H19F2N3O3.ClH/c20-13-5-11-16(24(10-1-2-10)7-12(18(11)25)19(26)27)15(21)17(13)23-6-9-3-4-22-14(9)8-23;/h5,7,9-10,14,22H,1-4,6,8H2,(H,26,27);1H. The lowest BCUT2D eigenvalue weighted by Gasteiger charge is -2.23. The van der Waals surface area contributed by atoms with Crippen LogP contribution in [0.4, 0.5) is 14.5 Å². The van der Waals surface area contributed by atoms with Crippen molar-refractivity contribution >= 4 is 35.0 Å². The number of carboxylic acid groups (broad SMARTS) is 1. The van der Waals surface area contributed by atoms with E-state index in [2.05, 4.69) is 5.32 Å². The van der Waals surface area contributed by atoms with Crippen LogP contribution in [0.3, 0.4) is 0 Å². The van der Waals surface area contributed by atoms with E-state index in [1.807, 2.05) is 0 Å². The van der Waals surface area contributed by atoms with Gasteiger partial charge in [-0.05, 0) is 37.8 Å². The van der Waals surface area contributed by atoms with Crippen LogP contribution in [0.1, 0.15) is 35.7 Å². The molecule has 0 amide bonds. The maximum absolute atomic E-state index is 15.5. The molecule has 2 aliphatic heterocycles. The minimum absolute atomic E-state index is 0. The fourth-order valence-corrected chi connectivity index (χ4v) is 4.55. The first kappa shape index (κ1) is 19.1. The Morgan fingerprint density at radius 1 is 1.21 bits per heavy atom. The number of nitrogens with zero attached hydrogens (tertiary/aromatic N) is 2. The second-order valence-electron chi connectivity index (χ2n) is 7.75. The third kappa shape index (κ3) is 2.78. The Morgan fingerprint density at radius 3 is 2.61 bits per heavy atom. The molecule has 3 heterocycles. The van der Waals surface area contributed by atoms with Crippen molar-refractivity contribution in [2.75, 3.05) is 24.5 Å². The van der Waals surface area contributed by atoms with Crippen LogP contribution in [0.25, 0.3) is 10.9 Å². The van der Waals surface area contributed by atoms with Gasteiger partial charge in [-0.1, -0.05) is 0 Å². The van der Waals surface area contributed by atoms with Crippen LogP contribution in [0.2, 0.25) is 0 Å². The van der Waals surface area contributed by atoms with Crippen LogP contribution < -0.4 is 15.6 Å². The number of aromatic carboxylic acids is 1. The fraction of sp³-hybridized carbons (Fsp3) is 0.474. The smallest absolute Gasteiger partial charge is 0.341 e. The van der Waals surface area contributed by atoms with Crippen LogP contribution in [-0.4, -0.2) is 41.3 Å². The van der Waals surface area contributed by atoms with Gasteiger partial charge in [-0.2, -0.15) is 0 Å². The maximum Gasteiger partial charge on any atom is 0.341 e. The van der Waals surface area contributed by atoms with E-state index in [1.54, 1.807) is 4.90 Å². The number of fused-ring (bicyclic) bond motifs is 2. The highest BCUT2D eigenvalue weighted by molar-refractivity contribution is 5.94. The van der Waals surface area contributed by atoms with Crippen LogP contribution in [0, 0.1) is 17.6 Å². The molecule has 1 aliphatic carbocycles. The van der Waals surface area contributed by atoms with Crippen LogP contribution in [0.5, 0.6) is 0 Å². The van der Waals surface area contributed by atoms with E-state index in [1.165, 1.54) is 10.8 Å². The molecule has 6 nitrogen and oxygen atoms in total. The van der Waals surface area contributed by atoms with Gasteiger partial charge < -0.3 is 19.9 Å². The van der Waals surface area contributed by atoms with Crippen molar-refractivity contribution in [3.05, 3.63) is 39.7 Å². The summed E-state index contributed by atoms with van der Waals surface area (Å²) in [5.74, 6) is -2.62. The zero-order valence-electron chi connectivity index (χ0n) is 15.0. The van der Waals surface area contributed by atoms with Gasteiger partial charge in [0.05, 0.1) is 10.9 Å². The molecule has 3 aliphatic rings. The molecule has 2 N–H and O–H groups in total. The van der Waals surface area contributed by atoms with Gasteiger partial charge in [0.2, 0.25) is 5.43 Å². The highest BCUT2D eigenvalue weighted by Crippen LogP contribution is 2.40. The van der Waals surface area contributed by atoms with Gasteiger partial charge in [0.25, 0.3) is 0 Å². The van der Waals surface area contributed by atoms with E-state index in [4.69, 9.17) is 0 Å². The first-order chi connectivity index (χ1) is 13.0. The molecule has 2 saturated heterocycles. The van der Waals surface area contributed by atoms with E-state index in [0.717, 1.165) is 31.9 Å². The third-order valence-electron chi connectivity index (χ3n) is 6.03. The van der Waals surface area contributed by atoms with E-state index in [-0.39, 0.29) is 41.1 Å². The lowest BCUT2D eigenvalue weighted by molar-refractivity contribution is 0.0695. The summed E-state index contributed by atoms with van der Waals surface area (Å²) < 4.78 is 31.9. The molecule has 0 bridgehead atoms. The highest BCUT2D eigenvalue weighted by atomic mass is 35.5. The predicted octanol–water partition coefficient (Wildman–Crippen LogP) is 2.53. The number of aromatic nitrogens is 1. The van der Waals surface area contributed by atoms with Gasteiger partial charge in [-0.25, -0.2) is 13.6 Å². The summed E-state index contributed by atoms with van der Waals surface area (Å²) in [5, 5.41) is 12.4. The van der Waals surface area contributed by atoms with E-state index in [0.29, 0.717) is 19.0 Å². The number of halogens is 3. The summed E-state index contributed by atoms with van der Waals surface area (Å²) in [6.45, 7) is 2.01. The number of nitrogens with one attached hydrogen (secondary N) is 1. The quantitative estimate of drug-likeness (QED) is 0.812. The van der Waals surface area contributed by atoms with E-state index in [9.17, 15) is 19.1 Å². The summed E-state index contributed by atoms with van der Waals surface area (Å²) in [6.07, 6.45) is 3.74. The molecular formula is C19H20ClF2N3O3. The van der Waals surface area contributed by atoms with Crippen molar-refractivity contribution in [3.8, 4) is 0 Å². The largest absolute Gasteiger partial charge is 0.477 e. The molecule has 1 aromatic heterocycles. The van der Waals surface area contributed by atoms with Crippen molar-refractivity contribution in [3.63, 3.8) is 0 Å². The molecule has 1 saturated carbocycles. The Hall–Kier alpha value is -2.19. The number of pyridine rings is 1. The predicted molar refractivity (Wildman–Crippen MR) is 103 cm³/mol. The number of benzene rings is 1. The number of carbonyl (C=O) groups is 1. The van der Waals surface area contributed by atoms with Crippen molar-refractivity contribution < 1.29 is 18.7 Å². The Morgan fingerprint density at radius 2 is 1.96 bits per heavy atom. The van der Waals surface area contributed by atoms with Crippen molar-refractivity contribution in [1.82, 2.24) is 9.88 Å². The first-order valence-corrected chi connectivity index (χ1v) is 9.24. The Kier molecular flexibility index (Phi) is 4.58. The van der Waals surface area contributed by atoms with Gasteiger partial charge in [0.15, 0.2) is 5.82 Å². The summed E-state index contributed by atoms with van der Waals surface area (Å²) >= 11 is 0. The number of rotatable bonds is 3. The summed E-state index contributed by atoms with van der Waals surface area (Å²) in [5.41, 5.74) is -1.41. The van der Waals surface area contributed by atoms with Gasteiger partial charge in [-0.15, -0.1) is 12.4 Å². The Bertz CT molecular complexity index is 1030. The molecule has 28 heavy (non-hydrogen) atoms. The van der Waals surface area contributed by atoms with Crippen LogP contribution in [0.15, 0.2) is 17.1 Å². The lowest BCUT2D eigenvalue weighted by atomic mass is 10.1. The van der Waals surface area contributed by atoms with Crippen molar-refractivity contribution in [2.45, 2.75) is 31.3 Å². The monoisotopic (exact) mass is 411 g/mol. The van der Waals surface area contributed by atoms with Crippen LogP contribution >= 0.6 is 12.4 Å². The summed E-state index contributed by atoms with van der Waals surface area (Å²) in [4.78, 5) is 25.6. The molecule has 9 heteroatoms. The minimum atomic E-state index is -1.39. The first-order valence-electron chi connectivity index (χ1n) is 9.24.